The summed E-state index contributed by atoms with van der Waals surface area (Å²) in [6, 6.07) is 10.2. The number of nitrogens with one attached hydrogen (secondary N) is 1. The third-order valence-corrected chi connectivity index (χ3v) is 3.27. The smallest absolute Gasteiger partial charge is 0.339 e. The van der Waals surface area contributed by atoms with Crippen molar-refractivity contribution >= 4 is 29.2 Å². The Morgan fingerprint density at radius 1 is 1.21 bits per heavy atom. The van der Waals surface area contributed by atoms with Crippen molar-refractivity contribution in [3.63, 3.8) is 0 Å². The Balaban J connectivity index is 2.00. The van der Waals surface area contributed by atoms with Crippen molar-refractivity contribution in [3.05, 3.63) is 58.9 Å². The standard InChI is InChI=1S/C17H15ClFNO4/c1-2-23-17(22)12-9-11(7-8-13(12)18)20-16(21)10-24-15-6-4-3-5-14(15)19/h3-9H,2,10H2,1H3,(H,20,21). The predicted octanol–water partition coefficient (Wildman–Crippen LogP) is 3.67. The van der Waals surface area contributed by atoms with E-state index in [9.17, 15) is 14.0 Å². The third kappa shape index (κ3) is 4.70. The molecule has 0 unspecified atom stereocenters. The van der Waals surface area contributed by atoms with Gasteiger partial charge in [-0.05, 0) is 37.3 Å². The number of para-hydroxylation sites is 1. The van der Waals surface area contributed by atoms with Crippen molar-refractivity contribution in [2.75, 3.05) is 18.5 Å². The summed E-state index contributed by atoms with van der Waals surface area (Å²) in [5.74, 6) is -1.66. The van der Waals surface area contributed by atoms with Crippen molar-refractivity contribution in [2.24, 2.45) is 0 Å². The number of anilines is 1. The summed E-state index contributed by atoms with van der Waals surface area (Å²) in [5.41, 5.74) is 0.496. The molecule has 5 nitrogen and oxygen atoms in total. The number of hydrogen-bond donors (Lipinski definition) is 1. The minimum atomic E-state index is -0.582. The van der Waals surface area contributed by atoms with Gasteiger partial charge in [0.1, 0.15) is 0 Å². The van der Waals surface area contributed by atoms with E-state index in [0.29, 0.717) is 5.69 Å². The van der Waals surface area contributed by atoms with Gasteiger partial charge >= 0.3 is 5.97 Å². The van der Waals surface area contributed by atoms with E-state index in [1.54, 1.807) is 13.0 Å². The van der Waals surface area contributed by atoms with Gasteiger partial charge in [-0.25, -0.2) is 9.18 Å². The summed E-state index contributed by atoms with van der Waals surface area (Å²) < 4.78 is 23.4. The normalized spacial score (nSPS) is 10.1. The van der Waals surface area contributed by atoms with Crippen molar-refractivity contribution in [1.82, 2.24) is 0 Å². The molecule has 1 N–H and O–H groups in total. The molecule has 0 saturated heterocycles. The maximum atomic E-state index is 13.4. The maximum Gasteiger partial charge on any atom is 0.339 e. The summed E-state index contributed by atoms with van der Waals surface area (Å²) in [7, 11) is 0. The fraction of sp³-hybridized carbons (Fsp3) is 0.176. The molecule has 0 aliphatic carbocycles. The first-order valence-corrected chi connectivity index (χ1v) is 7.53. The monoisotopic (exact) mass is 351 g/mol. The lowest BCUT2D eigenvalue weighted by molar-refractivity contribution is -0.118. The molecule has 0 aliphatic rings. The molecule has 0 spiro atoms. The van der Waals surface area contributed by atoms with Crippen molar-refractivity contribution in [1.29, 1.82) is 0 Å². The van der Waals surface area contributed by atoms with Gasteiger partial charge in [-0.1, -0.05) is 23.7 Å². The Hall–Kier alpha value is -2.60. The van der Waals surface area contributed by atoms with E-state index in [1.165, 1.54) is 36.4 Å². The van der Waals surface area contributed by atoms with Crippen LogP contribution in [0.3, 0.4) is 0 Å². The van der Waals surface area contributed by atoms with Gasteiger partial charge in [-0.15, -0.1) is 0 Å². The van der Waals surface area contributed by atoms with Gasteiger partial charge in [-0.2, -0.15) is 0 Å². The topological polar surface area (TPSA) is 64.6 Å². The Labute approximate surface area is 143 Å². The summed E-state index contributed by atoms with van der Waals surface area (Å²) in [5, 5.41) is 2.76. The fourth-order valence-corrected chi connectivity index (χ4v) is 2.07. The van der Waals surface area contributed by atoms with Crippen LogP contribution in [0.5, 0.6) is 5.75 Å². The number of halogens is 2. The van der Waals surface area contributed by atoms with Crippen LogP contribution in [0, 0.1) is 5.82 Å². The lowest BCUT2D eigenvalue weighted by Gasteiger charge is -2.10. The zero-order valence-corrected chi connectivity index (χ0v) is 13.6. The zero-order valence-electron chi connectivity index (χ0n) is 12.8. The number of carbonyl (C=O) groups is 2. The Morgan fingerprint density at radius 3 is 2.67 bits per heavy atom. The minimum absolute atomic E-state index is 0.0176. The molecule has 0 saturated carbocycles. The molecule has 2 aromatic carbocycles. The molecule has 0 heterocycles. The van der Waals surface area contributed by atoms with Crippen molar-refractivity contribution < 1.29 is 23.5 Å². The summed E-state index contributed by atoms with van der Waals surface area (Å²) in [6.07, 6.45) is 0. The molecule has 0 bridgehead atoms. The third-order valence-electron chi connectivity index (χ3n) is 2.94. The Morgan fingerprint density at radius 2 is 1.96 bits per heavy atom. The highest BCUT2D eigenvalue weighted by molar-refractivity contribution is 6.33. The van der Waals surface area contributed by atoms with Gasteiger partial charge in [0.2, 0.25) is 0 Å². The van der Waals surface area contributed by atoms with Gasteiger partial charge in [0.25, 0.3) is 5.91 Å². The molecule has 2 aromatic rings. The second-order valence-electron chi connectivity index (χ2n) is 4.68. The summed E-state index contributed by atoms with van der Waals surface area (Å²) in [6.45, 7) is 1.51. The lowest BCUT2D eigenvalue weighted by Crippen LogP contribution is -2.20. The highest BCUT2D eigenvalue weighted by atomic mass is 35.5. The van der Waals surface area contributed by atoms with Gasteiger partial charge < -0.3 is 14.8 Å². The molecule has 1 amide bonds. The van der Waals surface area contributed by atoms with Crippen molar-refractivity contribution in [2.45, 2.75) is 6.92 Å². The second-order valence-corrected chi connectivity index (χ2v) is 5.09. The predicted molar refractivity (Wildman–Crippen MR) is 87.9 cm³/mol. The molecular weight excluding hydrogens is 337 g/mol. The number of amides is 1. The molecule has 0 aliphatic heterocycles. The molecule has 0 radical (unpaired) electrons. The SMILES string of the molecule is CCOC(=O)c1cc(NC(=O)COc2ccccc2F)ccc1Cl. The lowest BCUT2D eigenvalue weighted by atomic mass is 10.2. The highest BCUT2D eigenvalue weighted by Gasteiger charge is 2.13. The average Bonchev–Trinajstić information content (AvgIpc) is 2.56. The van der Waals surface area contributed by atoms with Gasteiger partial charge in [0, 0.05) is 5.69 Å². The van der Waals surface area contributed by atoms with Crippen LogP contribution in [-0.4, -0.2) is 25.1 Å². The summed E-state index contributed by atoms with van der Waals surface area (Å²) >= 11 is 5.94. The number of rotatable bonds is 6. The first-order chi connectivity index (χ1) is 11.5. The highest BCUT2D eigenvalue weighted by Crippen LogP contribution is 2.22. The van der Waals surface area contributed by atoms with Crippen molar-refractivity contribution in [3.8, 4) is 5.75 Å². The molecule has 24 heavy (non-hydrogen) atoms. The fourth-order valence-electron chi connectivity index (χ4n) is 1.87. The molecule has 7 heteroatoms. The zero-order chi connectivity index (χ0) is 17.5. The van der Waals surface area contributed by atoms with E-state index in [-0.39, 0.29) is 29.5 Å². The molecule has 0 atom stereocenters. The number of carbonyl (C=O) groups excluding carboxylic acids is 2. The Kier molecular flexibility index (Phi) is 6.14. The maximum absolute atomic E-state index is 13.4. The van der Waals surface area contributed by atoms with Crippen LogP contribution >= 0.6 is 11.6 Å². The molecule has 0 aromatic heterocycles. The van der Waals surface area contributed by atoms with Crippen LogP contribution < -0.4 is 10.1 Å². The molecule has 2 rings (SSSR count). The van der Waals surface area contributed by atoms with Crippen LogP contribution in [0.15, 0.2) is 42.5 Å². The quantitative estimate of drug-likeness (QED) is 0.806. The summed E-state index contributed by atoms with van der Waals surface area (Å²) in [4.78, 5) is 23.6. The van der Waals surface area contributed by atoms with E-state index in [4.69, 9.17) is 21.1 Å². The molecule has 0 fully saturated rings. The molecular formula is C17H15ClFNO4. The van der Waals surface area contributed by atoms with E-state index < -0.39 is 17.7 Å². The van der Waals surface area contributed by atoms with Crippen LogP contribution in [0.4, 0.5) is 10.1 Å². The first kappa shape index (κ1) is 17.7. The van der Waals surface area contributed by atoms with E-state index in [0.717, 1.165) is 0 Å². The van der Waals surface area contributed by atoms with E-state index in [2.05, 4.69) is 5.32 Å². The minimum Gasteiger partial charge on any atom is -0.481 e. The second kappa shape index (κ2) is 8.31. The van der Waals surface area contributed by atoms with Gasteiger partial charge in [0.15, 0.2) is 18.2 Å². The van der Waals surface area contributed by atoms with Crippen LogP contribution in [0.2, 0.25) is 5.02 Å². The van der Waals surface area contributed by atoms with Crippen LogP contribution in [0.25, 0.3) is 0 Å². The average molecular weight is 352 g/mol. The first-order valence-electron chi connectivity index (χ1n) is 7.15. The number of benzene rings is 2. The number of ether oxygens (including phenoxy) is 2. The largest absolute Gasteiger partial charge is 0.481 e. The van der Waals surface area contributed by atoms with Crippen LogP contribution in [-0.2, 0) is 9.53 Å². The molecule has 126 valence electrons. The van der Waals surface area contributed by atoms with E-state index in [1.807, 2.05) is 0 Å². The van der Waals surface area contributed by atoms with Gasteiger partial charge in [0.05, 0.1) is 17.2 Å². The van der Waals surface area contributed by atoms with E-state index >= 15 is 0 Å². The number of hydrogen-bond acceptors (Lipinski definition) is 4. The number of esters is 1. The van der Waals surface area contributed by atoms with Gasteiger partial charge in [-0.3, -0.25) is 4.79 Å². The van der Waals surface area contributed by atoms with Crippen LogP contribution in [0.1, 0.15) is 17.3 Å². The Bertz CT molecular complexity index is 751.